The minimum absolute atomic E-state index is 0.166. The molecule has 0 aromatic carbocycles. The summed E-state index contributed by atoms with van der Waals surface area (Å²) >= 11 is 0. The number of nitrogens with zero attached hydrogens (tertiary/aromatic N) is 3. The van der Waals surface area contributed by atoms with Crippen molar-refractivity contribution in [1.82, 2.24) is 9.97 Å². The first-order valence-electron chi connectivity index (χ1n) is 5.58. The Morgan fingerprint density at radius 2 is 2.00 bits per heavy atom. The minimum Gasteiger partial charge on any atom is -0.390 e. The molecule has 1 aromatic heterocycles. The largest absolute Gasteiger partial charge is 0.390 e. The average molecular weight is 243 g/mol. The highest BCUT2D eigenvalue weighted by atomic mass is 19.3. The van der Waals surface area contributed by atoms with Gasteiger partial charge in [-0.25, -0.2) is 18.7 Å². The third-order valence-electron chi connectivity index (χ3n) is 2.84. The van der Waals surface area contributed by atoms with Gasteiger partial charge in [0.25, 0.3) is 5.92 Å². The number of halogens is 2. The standard InChI is InChI=1S/C11H15F2N3O/c1-8-6-9(7-17)15-10(14-8)16-4-2-11(12,13)3-5-16/h6,17H,2-5,7H2,1H3. The van der Waals surface area contributed by atoms with Crippen LogP contribution in [0.4, 0.5) is 14.7 Å². The van der Waals surface area contributed by atoms with Crippen molar-refractivity contribution in [2.45, 2.75) is 32.3 Å². The summed E-state index contributed by atoms with van der Waals surface area (Å²) in [4.78, 5) is 10.1. The van der Waals surface area contributed by atoms with Crippen LogP contribution in [-0.4, -0.2) is 34.1 Å². The number of hydrogen-bond acceptors (Lipinski definition) is 4. The quantitative estimate of drug-likeness (QED) is 0.855. The van der Waals surface area contributed by atoms with Crippen LogP contribution in [0.25, 0.3) is 0 Å². The number of alkyl halides is 2. The second-order valence-corrected chi connectivity index (χ2v) is 4.30. The molecule has 1 N–H and O–H groups in total. The predicted molar refractivity (Wildman–Crippen MR) is 59.1 cm³/mol. The molecule has 0 spiro atoms. The summed E-state index contributed by atoms with van der Waals surface area (Å²) in [6.45, 7) is 2.13. The predicted octanol–water partition coefficient (Wildman–Crippen LogP) is 1.51. The van der Waals surface area contributed by atoms with Crippen molar-refractivity contribution >= 4 is 5.95 Å². The molecule has 0 aliphatic carbocycles. The molecule has 0 atom stereocenters. The number of aliphatic hydroxyl groups is 1. The third-order valence-corrected chi connectivity index (χ3v) is 2.84. The van der Waals surface area contributed by atoms with E-state index in [0.717, 1.165) is 5.69 Å². The van der Waals surface area contributed by atoms with Gasteiger partial charge in [-0.2, -0.15) is 0 Å². The van der Waals surface area contributed by atoms with E-state index in [1.807, 2.05) is 0 Å². The molecule has 1 aliphatic heterocycles. The first-order chi connectivity index (χ1) is 8.00. The van der Waals surface area contributed by atoms with E-state index in [4.69, 9.17) is 5.11 Å². The molecule has 1 saturated heterocycles. The lowest BCUT2D eigenvalue weighted by Gasteiger charge is -2.31. The molecule has 0 radical (unpaired) electrons. The molecule has 2 heterocycles. The summed E-state index contributed by atoms with van der Waals surface area (Å²) in [5.41, 5.74) is 1.25. The van der Waals surface area contributed by atoms with Crippen molar-refractivity contribution < 1.29 is 13.9 Å². The van der Waals surface area contributed by atoms with Gasteiger partial charge in [0.1, 0.15) is 0 Å². The Balaban J connectivity index is 2.15. The fourth-order valence-corrected chi connectivity index (χ4v) is 1.87. The smallest absolute Gasteiger partial charge is 0.251 e. The summed E-state index contributed by atoms with van der Waals surface area (Å²) < 4.78 is 26.0. The molecule has 1 fully saturated rings. The maximum Gasteiger partial charge on any atom is 0.251 e. The van der Waals surface area contributed by atoms with Crippen molar-refractivity contribution in [3.63, 3.8) is 0 Å². The zero-order valence-electron chi connectivity index (χ0n) is 9.66. The Hall–Kier alpha value is -1.30. The summed E-state index contributed by atoms with van der Waals surface area (Å²) in [7, 11) is 0. The highest BCUT2D eigenvalue weighted by molar-refractivity contribution is 5.33. The second-order valence-electron chi connectivity index (χ2n) is 4.30. The van der Waals surface area contributed by atoms with Gasteiger partial charge in [-0.1, -0.05) is 0 Å². The van der Waals surface area contributed by atoms with Crippen LogP contribution in [0.5, 0.6) is 0 Å². The van der Waals surface area contributed by atoms with Crippen LogP contribution in [0, 0.1) is 6.92 Å². The van der Waals surface area contributed by atoms with Crippen molar-refractivity contribution in [3.8, 4) is 0 Å². The highest BCUT2D eigenvalue weighted by Crippen LogP contribution is 2.29. The van der Waals surface area contributed by atoms with Gasteiger partial charge in [-0.05, 0) is 13.0 Å². The van der Waals surface area contributed by atoms with Crippen molar-refractivity contribution in [2.24, 2.45) is 0 Å². The van der Waals surface area contributed by atoms with Gasteiger partial charge in [0.05, 0.1) is 12.3 Å². The lowest BCUT2D eigenvalue weighted by atomic mass is 10.1. The summed E-state index contributed by atoms with van der Waals surface area (Å²) in [5.74, 6) is -2.13. The second kappa shape index (κ2) is 4.52. The minimum atomic E-state index is -2.57. The van der Waals surface area contributed by atoms with E-state index in [2.05, 4.69) is 9.97 Å². The highest BCUT2D eigenvalue weighted by Gasteiger charge is 2.34. The Labute approximate surface area is 98.3 Å². The van der Waals surface area contributed by atoms with E-state index >= 15 is 0 Å². The molecular weight excluding hydrogens is 228 g/mol. The van der Waals surface area contributed by atoms with E-state index in [0.29, 0.717) is 11.6 Å². The van der Waals surface area contributed by atoms with Gasteiger partial charge in [-0.15, -0.1) is 0 Å². The number of anilines is 1. The van der Waals surface area contributed by atoms with Crippen LogP contribution in [0.1, 0.15) is 24.2 Å². The average Bonchev–Trinajstić information content (AvgIpc) is 2.28. The zero-order chi connectivity index (χ0) is 12.5. The van der Waals surface area contributed by atoms with Gasteiger partial charge < -0.3 is 10.0 Å². The van der Waals surface area contributed by atoms with Crippen molar-refractivity contribution in [1.29, 1.82) is 0 Å². The lowest BCUT2D eigenvalue weighted by Crippen LogP contribution is -2.40. The number of aromatic nitrogens is 2. The number of piperidine rings is 1. The maximum absolute atomic E-state index is 13.0. The summed E-state index contributed by atoms with van der Waals surface area (Å²) in [6, 6.07) is 1.68. The zero-order valence-corrected chi connectivity index (χ0v) is 9.66. The summed E-state index contributed by atoms with van der Waals surface area (Å²) in [6.07, 6.45) is -0.336. The number of rotatable bonds is 2. The van der Waals surface area contributed by atoms with Gasteiger partial charge in [0.15, 0.2) is 0 Å². The van der Waals surface area contributed by atoms with Crippen LogP contribution >= 0.6 is 0 Å². The van der Waals surface area contributed by atoms with E-state index in [-0.39, 0.29) is 32.5 Å². The fourth-order valence-electron chi connectivity index (χ4n) is 1.87. The van der Waals surface area contributed by atoms with E-state index in [1.54, 1.807) is 17.9 Å². The lowest BCUT2D eigenvalue weighted by molar-refractivity contribution is -0.0222. The molecule has 6 heteroatoms. The molecule has 2 rings (SSSR count). The third kappa shape index (κ3) is 2.88. The molecule has 17 heavy (non-hydrogen) atoms. The van der Waals surface area contributed by atoms with Gasteiger partial charge in [0.2, 0.25) is 5.95 Å². The normalized spacial score (nSPS) is 19.4. The molecule has 1 aliphatic rings. The molecule has 94 valence electrons. The van der Waals surface area contributed by atoms with Crippen LogP contribution in [0.15, 0.2) is 6.07 Å². The molecule has 0 amide bonds. The summed E-state index contributed by atoms with van der Waals surface area (Å²) in [5, 5.41) is 9.04. The molecule has 0 saturated carbocycles. The van der Waals surface area contributed by atoms with Crippen LogP contribution < -0.4 is 4.90 Å². The number of hydrogen-bond donors (Lipinski definition) is 1. The van der Waals surface area contributed by atoms with Crippen LogP contribution in [0.2, 0.25) is 0 Å². The fraction of sp³-hybridized carbons (Fsp3) is 0.636. The molecular formula is C11H15F2N3O. The Morgan fingerprint density at radius 1 is 1.35 bits per heavy atom. The van der Waals surface area contributed by atoms with Crippen LogP contribution in [0.3, 0.4) is 0 Å². The van der Waals surface area contributed by atoms with Gasteiger partial charge in [-0.3, -0.25) is 0 Å². The molecule has 0 bridgehead atoms. The maximum atomic E-state index is 13.0. The Bertz CT molecular complexity index is 402. The van der Waals surface area contributed by atoms with Gasteiger partial charge in [0, 0.05) is 31.6 Å². The van der Waals surface area contributed by atoms with E-state index in [1.165, 1.54) is 0 Å². The number of aryl methyl sites for hydroxylation is 1. The molecule has 0 unspecified atom stereocenters. The monoisotopic (exact) mass is 243 g/mol. The molecule has 4 nitrogen and oxygen atoms in total. The van der Waals surface area contributed by atoms with Gasteiger partial charge >= 0.3 is 0 Å². The van der Waals surface area contributed by atoms with Crippen LogP contribution in [-0.2, 0) is 6.61 Å². The first kappa shape index (κ1) is 12.2. The number of aliphatic hydroxyl groups excluding tert-OH is 1. The van der Waals surface area contributed by atoms with Crippen molar-refractivity contribution in [2.75, 3.05) is 18.0 Å². The van der Waals surface area contributed by atoms with E-state index < -0.39 is 5.92 Å². The molecule has 1 aromatic rings. The van der Waals surface area contributed by atoms with E-state index in [9.17, 15) is 8.78 Å². The first-order valence-corrected chi connectivity index (χ1v) is 5.58. The SMILES string of the molecule is Cc1cc(CO)nc(N2CCC(F)(F)CC2)n1. The topological polar surface area (TPSA) is 49.3 Å². The Morgan fingerprint density at radius 3 is 2.59 bits per heavy atom. The van der Waals surface area contributed by atoms with Crippen molar-refractivity contribution in [3.05, 3.63) is 17.5 Å². The Kier molecular flexibility index (Phi) is 3.24.